The molecule has 0 spiro atoms. The molecule has 2 rings (SSSR count). The molecule has 1 aromatic carbocycles. The highest BCUT2D eigenvalue weighted by atomic mass is 32.1. The van der Waals surface area contributed by atoms with Crippen molar-refractivity contribution in [3.8, 4) is 0 Å². The van der Waals surface area contributed by atoms with Gasteiger partial charge in [-0.25, -0.2) is 0 Å². The quantitative estimate of drug-likeness (QED) is 0.688. The van der Waals surface area contributed by atoms with Gasteiger partial charge in [-0.2, -0.15) is 0 Å². The second kappa shape index (κ2) is 3.37. The number of rotatable bonds is 1. The van der Waals surface area contributed by atoms with E-state index in [2.05, 4.69) is 27.7 Å². The Morgan fingerprint density at radius 3 is 2.71 bits per heavy atom. The summed E-state index contributed by atoms with van der Waals surface area (Å²) in [4.78, 5) is 2.10. The van der Waals surface area contributed by atoms with Crippen LogP contribution in [0.1, 0.15) is 0 Å². The molecule has 0 saturated heterocycles. The van der Waals surface area contributed by atoms with Crippen LogP contribution in [0.15, 0.2) is 18.2 Å². The lowest BCUT2D eigenvalue weighted by Crippen LogP contribution is -2.07. The summed E-state index contributed by atoms with van der Waals surface area (Å²) in [5.74, 6) is 0. The smallest absolute Gasteiger partial charge is 0.161 e. The fraction of sp³-hybridized carbons (Fsp3) is 0.300. The van der Waals surface area contributed by atoms with Crippen molar-refractivity contribution in [2.45, 2.75) is 0 Å². The van der Waals surface area contributed by atoms with Crippen LogP contribution in [0.2, 0.25) is 0 Å². The molecule has 0 aliphatic rings. The second-order valence-corrected chi connectivity index (χ2v) is 5.15. The Bertz CT molecular complexity index is 522. The summed E-state index contributed by atoms with van der Waals surface area (Å²) in [5, 5.41) is 0. The van der Waals surface area contributed by atoms with Gasteiger partial charge < -0.3 is 9.47 Å². The Balaban J connectivity index is 2.73. The molecule has 1 aromatic heterocycles. The predicted octanol–water partition coefficient (Wildman–Crippen LogP) is 3.04. The number of hydrogen-bond donors (Lipinski definition) is 0. The van der Waals surface area contributed by atoms with Crippen LogP contribution in [-0.4, -0.2) is 18.7 Å². The average Bonchev–Trinajstić information content (AvgIpc) is 2.42. The van der Waals surface area contributed by atoms with Crippen LogP contribution in [0.5, 0.6) is 0 Å². The summed E-state index contributed by atoms with van der Waals surface area (Å²) in [6.45, 7) is 0. The molecule has 74 valence electrons. The van der Waals surface area contributed by atoms with Gasteiger partial charge in [0.15, 0.2) is 3.95 Å². The monoisotopic (exact) mass is 224 g/mol. The van der Waals surface area contributed by atoms with Crippen LogP contribution < -0.4 is 4.90 Å². The lowest BCUT2D eigenvalue weighted by molar-refractivity contribution is 0.963. The molecular formula is C10H12N2S2. The highest BCUT2D eigenvalue weighted by Crippen LogP contribution is 2.26. The SMILES string of the molecule is CN(C)c1ccc2c(c1)sc(=S)n2C. The zero-order valence-corrected chi connectivity index (χ0v) is 10.1. The molecule has 2 aromatic rings. The van der Waals surface area contributed by atoms with Gasteiger partial charge in [0.1, 0.15) is 0 Å². The number of hydrogen-bond acceptors (Lipinski definition) is 3. The van der Waals surface area contributed by atoms with Gasteiger partial charge in [-0.15, -0.1) is 11.3 Å². The Morgan fingerprint density at radius 1 is 1.36 bits per heavy atom. The largest absolute Gasteiger partial charge is 0.378 e. The van der Waals surface area contributed by atoms with Crippen molar-refractivity contribution in [3.05, 3.63) is 22.2 Å². The second-order valence-electron chi connectivity index (χ2n) is 3.47. The fourth-order valence-electron chi connectivity index (χ4n) is 1.40. The summed E-state index contributed by atoms with van der Waals surface area (Å²) in [6, 6.07) is 6.41. The summed E-state index contributed by atoms with van der Waals surface area (Å²) in [5.41, 5.74) is 2.43. The van der Waals surface area contributed by atoms with Crippen molar-refractivity contribution in [2.24, 2.45) is 7.05 Å². The van der Waals surface area contributed by atoms with Gasteiger partial charge in [-0.05, 0) is 30.4 Å². The number of benzene rings is 1. The minimum atomic E-state index is 0.927. The van der Waals surface area contributed by atoms with Crippen molar-refractivity contribution in [2.75, 3.05) is 19.0 Å². The number of aryl methyl sites for hydroxylation is 1. The first-order valence-electron chi connectivity index (χ1n) is 4.36. The van der Waals surface area contributed by atoms with Crippen molar-refractivity contribution in [1.29, 1.82) is 0 Å². The number of fused-ring (bicyclic) bond motifs is 1. The van der Waals surface area contributed by atoms with Crippen LogP contribution in [0.25, 0.3) is 10.2 Å². The van der Waals surface area contributed by atoms with E-state index in [1.165, 1.54) is 15.9 Å². The summed E-state index contributed by atoms with van der Waals surface area (Å²) in [6.07, 6.45) is 0. The molecule has 4 heteroatoms. The molecule has 0 aliphatic carbocycles. The first kappa shape index (κ1) is 9.68. The van der Waals surface area contributed by atoms with Crippen LogP contribution in [0, 0.1) is 3.95 Å². The molecule has 0 bridgehead atoms. The number of thiazole rings is 1. The highest BCUT2D eigenvalue weighted by Gasteiger charge is 2.03. The van der Waals surface area contributed by atoms with E-state index in [0.29, 0.717) is 0 Å². The molecular weight excluding hydrogens is 212 g/mol. The van der Waals surface area contributed by atoms with E-state index >= 15 is 0 Å². The summed E-state index contributed by atoms with van der Waals surface area (Å²) in [7, 11) is 6.10. The fourth-order valence-corrected chi connectivity index (χ4v) is 2.68. The zero-order valence-electron chi connectivity index (χ0n) is 8.44. The zero-order chi connectivity index (χ0) is 10.3. The van der Waals surface area contributed by atoms with Gasteiger partial charge in [0.05, 0.1) is 10.2 Å². The van der Waals surface area contributed by atoms with Crippen LogP contribution in [0.3, 0.4) is 0 Å². The Morgan fingerprint density at radius 2 is 2.07 bits per heavy atom. The number of nitrogens with zero attached hydrogens (tertiary/aromatic N) is 2. The number of aromatic nitrogens is 1. The minimum Gasteiger partial charge on any atom is -0.378 e. The van der Waals surface area contributed by atoms with Crippen molar-refractivity contribution >= 4 is 39.5 Å². The summed E-state index contributed by atoms with van der Waals surface area (Å²) >= 11 is 6.89. The van der Waals surface area contributed by atoms with Crippen LogP contribution in [-0.2, 0) is 7.05 Å². The van der Waals surface area contributed by atoms with E-state index in [-0.39, 0.29) is 0 Å². The molecule has 0 aliphatic heterocycles. The molecule has 0 atom stereocenters. The highest BCUT2D eigenvalue weighted by molar-refractivity contribution is 7.73. The third-order valence-corrected chi connectivity index (χ3v) is 3.81. The molecule has 2 nitrogen and oxygen atoms in total. The molecule has 0 saturated carbocycles. The molecule has 0 N–H and O–H groups in total. The van der Waals surface area contributed by atoms with Gasteiger partial charge in [0, 0.05) is 26.8 Å². The van der Waals surface area contributed by atoms with Crippen LogP contribution >= 0.6 is 23.6 Å². The van der Waals surface area contributed by atoms with E-state index < -0.39 is 0 Å². The minimum absolute atomic E-state index is 0.927. The molecule has 0 radical (unpaired) electrons. The standard InChI is InChI=1S/C10H12N2S2/c1-11(2)7-4-5-8-9(6-7)14-10(13)12(8)3/h4-6H,1-3H3. The average molecular weight is 224 g/mol. The van der Waals surface area contributed by atoms with Gasteiger partial charge in [0.25, 0.3) is 0 Å². The Hall–Kier alpha value is -0.870. The summed E-state index contributed by atoms with van der Waals surface area (Å²) < 4.78 is 4.23. The van der Waals surface area contributed by atoms with E-state index in [4.69, 9.17) is 12.2 Å². The predicted molar refractivity (Wildman–Crippen MR) is 66.0 cm³/mol. The van der Waals surface area contributed by atoms with E-state index in [1.807, 2.05) is 21.1 Å². The Labute approximate surface area is 92.4 Å². The number of anilines is 1. The third kappa shape index (κ3) is 1.44. The van der Waals surface area contributed by atoms with Gasteiger partial charge >= 0.3 is 0 Å². The van der Waals surface area contributed by atoms with Gasteiger partial charge in [-0.3, -0.25) is 0 Å². The molecule has 14 heavy (non-hydrogen) atoms. The van der Waals surface area contributed by atoms with Gasteiger partial charge in [0.2, 0.25) is 0 Å². The van der Waals surface area contributed by atoms with Gasteiger partial charge in [-0.1, -0.05) is 0 Å². The molecule has 0 amide bonds. The Kier molecular flexibility index (Phi) is 2.33. The van der Waals surface area contributed by atoms with E-state index in [9.17, 15) is 0 Å². The lowest BCUT2D eigenvalue weighted by Gasteiger charge is -2.11. The molecule has 0 unspecified atom stereocenters. The van der Waals surface area contributed by atoms with Crippen molar-refractivity contribution in [3.63, 3.8) is 0 Å². The van der Waals surface area contributed by atoms with E-state index in [0.717, 1.165) is 3.95 Å². The molecule has 0 fully saturated rings. The normalized spacial score (nSPS) is 10.8. The lowest BCUT2D eigenvalue weighted by atomic mass is 10.3. The maximum absolute atomic E-state index is 5.23. The maximum Gasteiger partial charge on any atom is 0.161 e. The third-order valence-electron chi connectivity index (χ3n) is 2.29. The maximum atomic E-state index is 5.23. The van der Waals surface area contributed by atoms with Crippen molar-refractivity contribution < 1.29 is 0 Å². The first-order valence-corrected chi connectivity index (χ1v) is 5.59. The topological polar surface area (TPSA) is 8.17 Å². The first-order chi connectivity index (χ1) is 6.59. The van der Waals surface area contributed by atoms with E-state index in [1.54, 1.807) is 11.3 Å². The van der Waals surface area contributed by atoms with Crippen molar-refractivity contribution in [1.82, 2.24) is 4.57 Å². The molecule has 1 heterocycles. The van der Waals surface area contributed by atoms with Crippen LogP contribution in [0.4, 0.5) is 5.69 Å².